The lowest BCUT2D eigenvalue weighted by molar-refractivity contribution is -0.134. The number of phenolic OH excluding ortho intramolecular Hbond substituents is 1. The molecule has 1 rings (SSSR count). The molecule has 0 saturated heterocycles. The Balaban J connectivity index is 3.24. The summed E-state index contributed by atoms with van der Waals surface area (Å²) in [4.78, 5) is 10.8. The molecular weight excluding hydrogens is 315 g/mol. The molecule has 1 aromatic rings. The van der Waals surface area contributed by atoms with E-state index in [0.29, 0.717) is 0 Å². The fourth-order valence-electron chi connectivity index (χ4n) is 1.47. The van der Waals surface area contributed by atoms with Gasteiger partial charge in [-0.05, 0) is 18.2 Å². The molecule has 0 atom stereocenters. The van der Waals surface area contributed by atoms with E-state index in [0.717, 1.165) is 32.4 Å². The molecule has 0 fully saturated rings. The minimum absolute atomic E-state index is 0.0977. The Morgan fingerprint density at radius 2 is 1.95 bits per heavy atom. The second-order valence-electron chi connectivity index (χ2n) is 4.05. The van der Waals surface area contributed by atoms with Crippen LogP contribution in [0.15, 0.2) is 23.1 Å². The summed E-state index contributed by atoms with van der Waals surface area (Å²) in [7, 11) is -2.69. The number of sulfonamides is 1. The van der Waals surface area contributed by atoms with Crippen molar-refractivity contribution in [3.63, 3.8) is 0 Å². The smallest absolute Gasteiger partial charge is 0.402 e. The maximum atomic E-state index is 12.3. The van der Waals surface area contributed by atoms with E-state index in [1.807, 2.05) is 0 Å². The maximum absolute atomic E-state index is 12.3. The van der Waals surface area contributed by atoms with Gasteiger partial charge in [-0.2, -0.15) is 17.5 Å². The van der Waals surface area contributed by atoms with E-state index in [1.54, 1.807) is 0 Å². The maximum Gasteiger partial charge on any atom is 0.402 e. The van der Waals surface area contributed by atoms with Gasteiger partial charge in [-0.15, -0.1) is 0 Å². The van der Waals surface area contributed by atoms with Crippen molar-refractivity contribution >= 4 is 16.0 Å². The highest BCUT2D eigenvalue weighted by atomic mass is 32.2. The lowest BCUT2D eigenvalue weighted by Crippen LogP contribution is -2.35. The Morgan fingerprint density at radius 3 is 2.43 bits per heavy atom. The molecule has 0 radical (unpaired) electrons. The second kappa shape index (κ2) is 5.90. The van der Waals surface area contributed by atoms with Crippen molar-refractivity contribution in [2.75, 3.05) is 20.7 Å². The Bertz CT molecular complexity index is 642. The summed E-state index contributed by atoms with van der Waals surface area (Å²) in [5.74, 6) is -1.55. The summed E-state index contributed by atoms with van der Waals surface area (Å²) in [6.07, 6.45) is -4.70. The first-order chi connectivity index (χ1) is 9.49. The molecule has 10 heteroatoms. The molecule has 0 spiro atoms. The number of ether oxygens (including phenoxy) is 1. The number of hydrogen-bond acceptors (Lipinski definition) is 5. The number of halogens is 3. The molecule has 0 aliphatic rings. The predicted octanol–water partition coefficient (Wildman–Crippen LogP) is 1.36. The molecule has 0 amide bonds. The topological polar surface area (TPSA) is 83.9 Å². The summed E-state index contributed by atoms with van der Waals surface area (Å²) in [5.41, 5.74) is -0.459. The zero-order valence-corrected chi connectivity index (χ0v) is 11.8. The van der Waals surface area contributed by atoms with Gasteiger partial charge in [-0.1, -0.05) is 0 Å². The number of phenols is 1. The van der Waals surface area contributed by atoms with Crippen molar-refractivity contribution in [1.29, 1.82) is 0 Å². The number of benzene rings is 1. The van der Waals surface area contributed by atoms with Crippen LogP contribution in [0.3, 0.4) is 0 Å². The number of carbonyl (C=O) groups is 1. The lowest BCUT2D eigenvalue weighted by Gasteiger charge is -2.19. The SMILES string of the molecule is COC(=O)c1cc(S(=O)(=O)N(C)CC(F)(F)F)ccc1O. The largest absolute Gasteiger partial charge is 0.507 e. The highest BCUT2D eigenvalue weighted by Crippen LogP contribution is 2.25. The van der Waals surface area contributed by atoms with Gasteiger partial charge in [0.25, 0.3) is 0 Å². The molecule has 21 heavy (non-hydrogen) atoms. The van der Waals surface area contributed by atoms with E-state index in [-0.39, 0.29) is 4.31 Å². The number of methoxy groups -OCH3 is 1. The summed E-state index contributed by atoms with van der Waals surface area (Å²) in [5, 5.41) is 9.44. The number of rotatable bonds is 4. The number of aromatic hydroxyl groups is 1. The van der Waals surface area contributed by atoms with Gasteiger partial charge in [0.15, 0.2) is 0 Å². The Kier molecular flexibility index (Phi) is 4.84. The lowest BCUT2D eigenvalue weighted by atomic mass is 10.2. The second-order valence-corrected chi connectivity index (χ2v) is 6.09. The van der Waals surface area contributed by atoms with E-state index in [1.165, 1.54) is 0 Å². The van der Waals surface area contributed by atoms with Crippen LogP contribution in [0.25, 0.3) is 0 Å². The van der Waals surface area contributed by atoms with Crippen LogP contribution in [-0.2, 0) is 14.8 Å². The number of carbonyl (C=O) groups excluding carboxylic acids is 1. The number of hydrogen-bond donors (Lipinski definition) is 1. The van der Waals surface area contributed by atoms with Gasteiger partial charge in [0.1, 0.15) is 17.9 Å². The summed E-state index contributed by atoms with van der Waals surface area (Å²) in [6, 6.07) is 2.54. The van der Waals surface area contributed by atoms with E-state index in [4.69, 9.17) is 0 Å². The first-order valence-electron chi connectivity index (χ1n) is 5.43. The first-order valence-corrected chi connectivity index (χ1v) is 6.87. The van der Waals surface area contributed by atoms with Gasteiger partial charge in [-0.3, -0.25) is 0 Å². The molecule has 0 saturated carbocycles. The first kappa shape index (κ1) is 17.2. The fourth-order valence-corrected chi connectivity index (χ4v) is 2.65. The van der Waals surface area contributed by atoms with E-state index < -0.39 is 44.9 Å². The quantitative estimate of drug-likeness (QED) is 0.844. The van der Waals surface area contributed by atoms with Crippen molar-refractivity contribution in [1.82, 2.24) is 4.31 Å². The minimum Gasteiger partial charge on any atom is -0.507 e. The minimum atomic E-state index is -4.70. The van der Waals surface area contributed by atoms with Crippen molar-refractivity contribution in [3.05, 3.63) is 23.8 Å². The molecule has 0 unspecified atom stereocenters. The third-order valence-electron chi connectivity index (χ3n) is 2.48. The predicted molar refractivity (Wildman–Crippen MR) is 65.3 cm³/mol. The van der Waals surface area contributed by atoms with Crippen LogP contribution in [0, 0.1) is 0 Å². The molecule has 118 valence electrons. The van der Waals surface area contributed by atoms with Crippen molar-refractivity contribution in [2.24, 2.45) is 0 Å². The molecule has 1 N–H and O–H groups in total. The molecule has 0 heterocycles. The Hall–Kier alpha value is -1.81. The number of alkyl halides is 3. The van der Waals surface area contributed by atoms with Gasteiger partial charge < -0.3 is 9.84 Å². The highest BCUT2D eigenvalue weighted by molar-refractivity contribution is 7.89. The fraction of sp³-hybridized carbons (Fsp3) is 0.364. The molecule has 6 nitrogen and oxygen atoms in total. The molecule has 0 aliphatic carbocycles. The van der Waals surface area contributed by atoms with Crippen molar-refractivity contribution < 1.29 is 36.2 Å². The zero-order chi connectivity index (χ0) is 16.4. The van der Waals surface area contributed by atoms with Gasteiger partial charge in [0, 0.05) is 7.05 Å². The van der Waals surface area contributed by atoms with Crippen LogP contribution in [-0.4, -0.2) is 50.7 Å². The van der Waals surface area contributed by atoms with Crippen LogP contribution >= 0.6 is 0 Å². The van der Waals surface area contributed by atoms with E-state index in [2.05, 4.69) is 4.74 Å². The monoisotopic (exact) mass is 327 g/mol. The summed E-state index contributed by atoms with van der Waals surface area (Å²) < 4.78 is 65.2. The van der Waals surface area contributed by atoms with E-state index in [9.17, 15) is 31.5 Å². The average Bonchev–Trinajstić information content (AvgIpc) is 2.36. The normalized spacial score (nSPS) is 12.5. The van der Waals surface area contributed by atoms with Crippen LogP contribution in [0.1, 0.15) is 10.4 Å². The zero-order valence-electron chi connectivity index (χ0n) is 11.0. The van der Waals surface area contributed by atoms with Crippen molar-refractivity contribution in [3.8, 4) is 5.75 Å². The van der Waals surface area contributed by atoms with Crippen molar-refractivity contribution in [2.45, 2.75) is 11.1 Å². The molecule has 1 aromatic carbocycles. The van der Waals surface area contributed by atoms with E-state index >= 15 is 0 Å². The van der Waals surface area contributed by atoms with Gasteiger partial charge in [0.2, 0.25) is 10.0 Å². The van der Waals surface area contributed by atoms with Crippen LogP contribution in [0.2, 0.25) is 0 Å². The molecule has 0 aromatic heterocycles. The van der Waals surface area contributed by atoms with Crippen LogP contribution < -0.4 is 0 Å². The third kappa shape index (κ3) is 4.08. The van der Waals surface area contributed by atoms with Gasteiger partial charge in [-0.25, -0.2) is 13.2 Å². The Morgan fingerprint density at radius 1 is 1.38 bits per heavy atom. The Labute approximate surface area is 118 Å². The molecular formula is C11H12F3NO5S. The highest BCUT2D eigenvalue weighted by Gasteiger charge is 2.35. The van der Waals surface area contributed by atoms with Gasteiger partial charge >= 0.3 is 12.1 Å². The summed E-state index contributed by atoms with van der Waals surface area (Å²) in [6.45, 7) is -1.68. The summed E-state index contributed by atoms with van der Waals surface area (Å²) >= 11 is 0. The molecule has 0 bridgehead atoms. The molecule has 0 aliphatic heterocycles. The van der Waals surface area contributed by atoms with Crippen LogP contribution in [0.5, 0.6) is 5.75 Å². The third-order valence-corrected chi connectivity index (χ3v) is 4.28. The average molecular weight is 327 g/mol. The number of esters is 1. The number of nitrogens with zero attached hydrogens (tertiary/aromatic N) is 1. The van der Waals surface area contributed by atoms with Crippen LogP contribution in [0.4, 0.5) is 13.2 Å². The van der Waals surface area contributed by atoms with Gasteiger partial charge in [0.05, 0.1) is 12.0 Å². The standard InChI is InChI=1S/C11H12F3NO5S/c1-15(6-11(12,13)14)21(18,19)7-3-4-9(16)8(5-7)10(17)20-2/h3-5,16H,6H2,1-2H3.